The second-order valence-corrected chi connectivity index (χ2v) is 15.6. The third-order valence-corrected chi connectivity index (χ3v) is 10.0. The van der Waals surface area contributed by atoms with Gasteiger partial charge in [0.2, 0.25) is 0 Å². The molecule has 7 heteroatoms. The van der Waals surface area contributed by atoms with Gasteiger partial charge in [0.25, 0.3) is 0 Å². The Hall–Kier alpha value is -1.43. The van der Waals surface area contributed by atoms with E-state index in [1.807, 2.05) is 6.07 Å². The predicted octanol–water partition coefficient (Wildman–Crippen LogP) is 13.3. The molecule has 0 aliphatic carbocycles. The second kappa shape index (κ2) is 16.2. The maximum atomic E-state index is 2.34. The number of hydrogen-bond acceptors (Lipinski definition) is 2. The van der Waals surface area contributed by atoms with E-state index in [0.29, 0.717) is 0 Å². The molecule has 0 amide bonds. The van der Waals surface area contributed by atoms with E-state index in [4.69, 9.17) is 0 Å². The quantitative estimate of drug-likeness (QED) is 0.153. The first-order valence-electron chi connectivity index (χ1n) is 13.3. The molecule has 214 valence electrons. The minimum Gasteiger partial charge on any atom is -0.311 e. The minimum atomic E-state index is 1.17. The van der Waals surface area contributed by atoms with Crippen molar-refractivity contribution < 1.29 is 0 Å². The van der Waals surface area contributed by atoms with Crippen molar-refractivity contribution in [2.75, 3.05) is 9.80 Å². The number of para-hydroxylation sites is 1. The summed E-state index contributed by atoms with van der Waals surface area (Å²) >= 11 is 11.7. The first kappa shape index (κ1) is 32.9. The Kier molecular flexibility index (Phi) is 12.4. The number of halogens is 5. The van der Waals surface area contributed by atoms with E-state index in [9.17, 15) is 0 Å². The van der Waals surface area contributed by atoms with Gasteiger partial charge in [0.1, 0.15) is 0 Å². The van der Waals surface area contributed by atoms with Crippen molar-refractivity contribution in [1.29, 1.82) is 0 Å². The summed E-state index contributed by atoms with van der Waals surface area (Å²) in [6.45, 7) is 0. The van der Waals surface area contributed by atoms with Crippen molar-refractivity contribution in [2.45, 2.75) is 0 Å². The zero-order chi connectivity index (χ0) is 30.2. The molecule has 6 aromatic rings. The summed E-state index contributed by atoms with van der Waals surface area (Å²) in [5.41, 5.74) is 7.01. The fourth-order valence-electron chi connectivity index (χ4n) is 4.42. The summed E-state index contributed by atoms with van der Waals surface area (Å²) in [6, 6.07) is 53.5. The standard InChI is InChI=1S/C18H12I3N.C18H13I2N/c19-13-1-7-16(8-2-13)22(17-9-3-14(20)4-10-17)18-11-5-15(21)6-12-18;19-14-6-10-17(11-7-14)21(16-4-2-1-3-5-16)18-12-8-15(20)9-13-18/h1-12H;1-13H. The van der Waals surface area contributed by atoms with Gasteiger partial charge in [-0.15, -0.1) is 0 Å². The van der Waals surface area contributed by atoms with E-state index < -0.39 is 0 Å². The summed E-state index contributed by atoms with van der Waals surface area (Å²) in [6.07, 6.45) is 0. The molecule has 0 bridgehead atoms. The topological polar surface area (TPSA) is 6.48 Å². The molecule has 0 aliphatic heterocycles. The third kappa shape index (κ3) is 9.30. The lowest BCUT2D eigenvalue weighted by Gasteiger charge is -2.25. The maximum Gasteiger partial charge on any atom is 0.0462 e. The monoisotopic (exact) mass is 1120 g/mol. The first-order chi connectivity index (χ1) is 20.9. The Morgan fingerprint density at radius 2 is 0.419 bits per heavy atom. The molecule has 0 unspecified atom stereocenters. The van der Waals surface area contributed by atoms with Crippen molar-refractivity contribution in [1.82, 2.24) is 0 Å². The number of anilines is 6. The van der Waals surface area contributed by atoms with E-state index in [0.717, 1.165) is 0 Å². The zero-order valence-electron chi connectivity index (χ0n) is 22.7. The van der Waals surface area contributed by atoms with Crippen LogP contribution in [0.5, 0.6) is 0 Å². The lowest BCUT2D eigenvalue weighted by Crippen LogP contribution is -2.09. The highest BCUT2D eigenvalue weighted by Crippen LogP contribution is 2.36. The Bertz CT molecular complexity index is 1570. The van der Waals surface area contributed by atoms with E-state index in [1.165, 1.54) is 52.0 Å². The van der Waals surface area contributed by atoms with Crippen LogP contribution in [0.4, 0.5) is 34.1 Å². The van der Waals surface area contributed by atoms with Crippen LogP contribution in [0.25, 0.3) is 0 Å². The number of hydrogen-bond donors (Lipinski definition) is 0. The highest BCUT2D eigenvalue weighted by atomic mass is 127. The second-order valence-electron chi connectivity index (χ2n) is 9.39. The van der Waals surface area contributed by atoms with Gasteiger partial charge in [-0.3, -0.25) is 0 Å². The third-order valence-electron chi connectivity index (χ3n) is 6.44. The maximum absolute atomic E-state index is 2.34. The Labute approximate surface area is 322 Å². The summed E-state index contributed by atoms with van der Waals surface area (Å²) in [4.78, 5) is 4.55. The normalized spacial score (nSPS) is 10.4. The van der Waals surface area contributed by atoms with Crippen LogP contribution < -0.4 is 9.80 Å². The highest BCUT2D eigenvalue weighted by Gasteiger charge is 2.13. The van der Waals surface area contributed by atoms with Gasteiger partial charge in [-0.05, 0) is 246 Å². The van der Waals surface area contributed by atoms with Crippen LogP contribution in [0.15, 0.2) is 152 Å². The van der Waals surface area contributed by atoms with Gasteiger partial charge in [-0.1, -0.05) is 18.2 Å². The van der Waals surface area contributed by atoms with E-state index in [2.05, 4.69) is 268 Å². The van der Waals surface area contributed by atoms with Crippen molar-refractivity contribution >= 4 is 147 Å². The summed E-state index contributed by atoms with van der Waals surface area (Å²) in [7, 11) is 0. The molecule has 0 fully saturated rings. The lowest BCUT2D eigenvalue weighted by molar-refractivity contribution is 1.28. The predicted molar refractivity (Wildman–Crippen MR) is 226 cm³/mol. The van der Waals surface area contributed by atoms with Crippen LogP contribution in [0, 0.1) is 17.9 Å². The van der Waals surface area contributed by atoms with Gasteiger partial charge in [0.05, 0.1) is 0 Å². The molecule has 6 rings (SSSR count). The van der Waals surface area contributed by atoms with E-state index in [-0.39, 0.29) is 0 Å². The number of nitrogens with zero attached hydrogens (tertiary/aromatic N) is 2. The average Bonchev–Trinajstić information content (AvgIpc) is 3.03. The molecular weight excluding hydrogens is 1090 g/mol. The van der Waals surface area contributed by atoms with Crippen molar-refractivity contribution in [3.8, 4) is 0 Å². The van der Waals surface area contributed by atoms with Crippen molar-refractivity contribution in [3.05, 3.63) is 170 Å². The van der Waals surface area contributed by atoms with Gasteiger partial charge in [-0.25, -0.2) is 0 Å². The summed E-state index contributed by atoms with van der Waals surface area (Å²) in [5, 5.41) is 0. The lowest BCUT2D eigenvalue weighted by atomic mass is 10.2. The Balaban J connectivity index is 0.000000171. The Morgan fingerprint density at radius 1 is 0.233 bits per heavy atom. The fourth-order valence-corrected chi connectivity index (χ4v) is 6.22. The van der Waals surface area contributed by atoms with Crippen LogP contribution in [0.3, 0.4) is 0 Å². The SMILES string of the molecule is Ic1ccc(N(c2ccc(I)cc2)c2ccc(I)cc2)cc1.Ic1ccc(N(c2ccccc2)c2ccc(I)cc2)cc1. The van der Waals surface area contributed by atoms with Gasteiger partial charge in [0.15, 0.2) is 0 Å². The first-order valence-corrected chi connectivity index (χ1v) is 18.7. The van der Waals surface area contributed by atoms with Crippen LogP contribution in [0.1, 0.15) is 0 Å². The van der Waals surface area contributed by atoms with Crippen LogP contribution in [-0.2, 0) is 0 Å². The minimum absolute atomic E-state index is 1.17. The smallest absolute Gasteiger partial charge is 0.0462 e. The molecule has 43 heavy (non-hydrogen) atoms. The molecule has 0 radical (unpaired) electrons. The molecule has 0 heterocycles. The molecule has 2 nitrogen and oxygen atoms in total. The molecule has 0 aliphatic rings. The van der Waals surface area contributed by atoms with Crippen LogP contribution in [-0.4, -0.2) is 0 Å². The Morgan fingerprint density at radius 3 is 0.628 bits per heavy atom. The van der Waals surface area contributed by atoms with Gasteiger partial charge < -0.3 is 9.80 Å². The molecule has 0 spiro atoms. The summed E-state index contributed by atoms with van der Waals surface area (Å²) in [5.74, 6) is 0. The molecule has 0 saturated heterocycles. The molecule has 0 aromatic heterocycles. The molecular formula is C36H25I5N2. The van der Waals surface area contributed by atoms with Crippen molar-refractivity contribution in [2.24, 2.45) is 0 Å². The molecule has 0 atom stereocenters. The van der Waals surface area contributed by atoms with Gasteiger partial charge in [0, 0.05) is 52.0 Å². The van der Waals surface area contributed by atoms with Gasteiger partial charge >= 0.3 is 0 Å². The van der Waals surface area contributed by atoms with Gasteiger partial charge in [-0.2, -0.15) is 0 Å². The van der Waals surface area contributed by atoms with E-state index in [1.54, 1.807) is 0 Å². The molecule has 0 saturated carbocycles. The van der Waals surface area contributed by atoms with Crippen molar-refractivity contribution in [3.63, 3.8) is 0 Å². The molecule has 0 N–H and O–H groups in total. The average molecular weight is 1120 g/mol. The number of rotatable bonds is 6. The van der Waals surface area contributed by atoms with Crippen LogP contribution in [0.2, 0.25) is 0 Å². The highest BCUT2D eigenvalue weighted by molar-refractivity contribution is 14.1. The van der Waals surface area contributed by atoms with E-state index >= 15 is 0 Å². The number of benzene rings is 6. The largest absolute Gasteiger partial charge is 0.311 e. The zero-order valence-corrected chi connectivity index (χ0v) is 33.5. The van der Waals surface area contributed by atoms with Crippen LogP contribution >= 0.6 is 113 Å². The molecule has 6 aromatic carbocycles. The summed E-state index contributed by atoms with van der Waals surface area (Å²) < 4.78 is 6.21. The fraction of sp³-hybridized carbons (Fsp3) is 0.